The molecule has 0 unspecified atom stereocenters. The number of ether oxygens (including phenoxy) is 1. The smallest absolute Gasteiger partial charge is 0.305 e. The molecule has 0 spiro atoms. The maximum absolute atomic E-state index is 13.0. The number of rotatable bonds is 6. The van der Waals surface area contributed by atoms with E-state index in [1.165, 1.54) is 0 Å². The van der Waals surface area contributed by atoms with Crippen LogP contribution in [0.15, 0.2) is 24.3 Å². The van der Waals surface area contributed by atoms with Crippen LogP contribution < -0.4 is 4.74 Å². The zero-order valence-corrected chi connectivity index (χ0v) is 13.2. The number of likely N-dealkylation sites (N-methyl/N-ethyl adjacent to an activating group) is 1. The summed E-state index contributed by atoms with van der Waals surface area (Å²) in [5.41, 5.74) is 0.429. The summed E-state index contributed by atoms with van der Waals surface area (Å²) >= 11 is 0. The Balaban J connectivity index is 2.27. The van der Waals surface area contributed by atoms with Crippen LogP contribution in [0, 0.1) is 0 Å². The quantitative estimate of drug-likeness (QED) is 0.876. The first-order valence-electron chi connectivity index (χ1n) is 7.61. The normalized spacial score (nSPS) is 16.3. The number of hydrogen-bond acceptors (Lipinski definition) is 3. The average molecular weight is 305 g/mol. The summed E-state index contributed by atoms with van der Waals surface area (Å²) < 4.78 is 5.28. The molecular weight excluding hydrogens is 282 g/mol. The van der Waals surface area contributed by atoms with E-state index in [1.807, 2.05) is 24.3 Å². The van der Waals surface area contributed by atoms with Gasteiger partial charge in [0.25, 0.3) is 0 Å². The standard InChI is InChI=1S/C17H23NO4/c1-18(11-8-15(19)20)16(21)17(9-3-4-10-17)13-6-5-7-14(12-13)22-2/h5-7,12H,3-4,8-11H2,1-2H3,(H,19,20). The van der Waals surface area contributed by atoms with Crippen LogP contribution in [0.2, 0.25) is 0 Å². The Kier molecular flexibility index (Phi) is 5.06. The van der Waals surface area contributed by atoms with Crippen LogP contribution in [0.5, 0.6) is 5.75 Å². The predicted octanol–water partition coefficient (Wildman–Crippen LogP) is 2.44. The Hall–Kier alpha value is -2.04. The summed E-state index contributed by atoms with van der Waals surface area (Å²) in [4.78, 5) is 25.3. The zero-order chi connectivity index (χ0) is 16.2. The van der Waals surface area contributed by atoms with Gasteiger partial charge in [-0.15, -0.1) is 0 Å². The van der Waals surface area contributed by atoms with E-state index in [2.05, 4.69) is 0 Å². The van der Waals surface area contributed by atoms with Gasteiger partial charge in [0.1, 0.15) is 5.75 Å². The second-order valence-corrected chi connectivity index (χ2v) is 5.89. The number of hydrogen-bond donors (Lipinski definition) is 1. The second-order valence-electron chi connectivity index (χ2n) is 5.89. The molecule has 5 heteroatoms. The van der Waals surface area contributed by atoms with E-state index in [-0.39, 0.29) is 18.9 Å². The van der Waals surface area contributed by atoms with Crippen molar-refractivity contribution in [3.05, 3.63) is 29.8 Å². The fraction of sp³-hybridized carbons (Fsp3) is 0.529. The van der Waals surface area contributed by atoms with Crippen molar-refractivity contribution in [1.82, 2.24) is 4.90 Å². The number of benzene rings is 1. The molecule has 0 saturated heterocycles. The minimum absolute atomic E-state index is 0.0134. The molecule has 1 aromatic rings. The van der Waals surface area contributed by atoms with E-state index >= 15 is 0 Å². The highest BCUT2D eigenvalue weighted by Crippen LogP contribution is 2.43. The van der Waals surface area contributed by atoms with Crippen molar-refractivity contribution in [3.63, 3.8) is 0 Å². The Morgan fingerprint density at radius 3 is 2.59 bits per heavy atom. The van der Waals surface area contributed by atoms with Gasteiger partial charge >= 0.3 is 5.97 Å². The van der Waals surface area contributed by atoms with E-state index in [4.69, 9.17) is 9.84 Å². The molecule has 22 heavy (non-hydrogen) atoms. The number of carbonyl (C=O) groups is 2. The summed E-state index contributed by atoms with van der Waals surface area (Å²) in [5.74, 6) is -0.134. The van der Waals surface area contributed by atoms with E-state index in [9.17, 15) is 9.59 Å². The first-order chi connectivity index (χ1) is 10.5. The number of carboxylic acid groups (broad SMARTS) is 1. The summed E-state index contributed by atoms with van der Waals surface area (Å²) in [6.45, 7) is 0.236. The zero-order valence-electron chi connectivity index (χ0n) is 13.2. The third kappa shape index (κ3) is 3.24. The Morgan fingerprint density at radius 2 is 2.00 bits per heavy atom. The molecule has 120 valence electrons. The Morgan fingerprint density at radius 1 is 1.32 bits per heavy atom. The maximum atomic E-state index is 13.0. The van der Waals surface area contributed by atoms with Crippen molar-refractivity contribution in [3.8, 4) is 5.75 Å². The van der Waals surface area contributed by atoms with E-state index in [0.717, 1.165) is 37.0 Å². The first kappa shape index (κ1) is 16.3. The fourth-order valence-electron chi connectivity index (χ4n) is 3.26. The largest absolute Gasteiger partial charge is 0.497 e. The molecular formula is C17H23NO4. The third-order valence-electron chi connectivity index (χ3n) is 4.50. The van der Waals surface area contributed by atoms with Gasteiger partial charge in [-0.2, -0.15) is 0 Å². The molecule has 0 aromatic heterocycles. The van der Waals surface area contributed by atoms with Crippen LogP contribution in [0.1, 0.15) is 37.7 Å². The van der Waals surface area contributed by atoms with E-state index in [0.29, 0.717) is 0 Å². The van der Waals surface area contributed by atoms with Gasteiger partial charge in [-0.05, 0) is 30.5 Å². The summed E-state index contributed by atoms with van der Waals surface area (Å²) in [6, 6.07) is 7.66. The molecule has 5 nitrogen and oxygen atoms in total. The summed E-state index contributed by atoms with van der Waals surface area (Å²) in [7, 11) is 3.30. The minimum Gasteiger partial charge on any atom is -0.497 e. The van der Waals surface area contributed by atoms with E-state index < -0.39 is 11.4 Å². The van der Waals surface area contributed by atoms with Crippen molar-refractivity contribution < 1.29 is 19.4 Å². The molecule has 0 radical (unpaired) electrons. The van der Waals surface area contributed by atoms with Crippen molar-refractivity contribution in [2.75, 3.05) is 20.7 Å². The second kappa shape index (κ2) is 6.81. The highest BCUT2D eigenvalue weighted by atomic mass is 16.5. The Labute approximate surface area is 130 Å². The molecule has 1 aliphatic carbocycles. The number of carbonyl (C=O) groups excluding carboxylic acids is 1. The van der Waals surface area contributed by atoms with Crippen molar-refractivity contribution >= 4 is 11.9 Å². The average Bonchev–Trinajstić information content (AvgIpc) is 3.02. The number of aliphatic carboxylic acids is 1. The van der Waals surface area contributed by atoms with Crippen molar-refractivity contribution in [2.45, 2.75) is 37.5 Å². The lowest BCUT2D eigenvalue weighted by Crippen LogP contribution is -2.44. The molecule has 0 atom stereocenters. The maximum Gasteiger partial charge on any atom is 0.305 e. The molecule has 1 aliphatic rings. The lowest BCUT2D eigenvalue weighted by molar-refractivity contribution is -0.139. The lowest BCUT2D eigenvalue weighted by atomic mass is 9.77. The van der Waals surface area contributed by atoms with Crippen LogP contribution in [-0.2, 0) is 15.0 Å². The SMILES string of the molecule is COc1cccc(C2(C(=O)N(C)CCC(=O)O)CCCC2)c1. The van der Waals surface area contributed by atoms with Crippen molar-refractivity contribution in [2.24, 2.45) is 0 Å². The number of nitrogens with zero attached hydrogens (tertiary/aromatic N) is 1. The predicted molar refractivity (Wildman–Crippen MR) is 83.0 cm³/mol. The summed E-state index contributed by atoms with van der Waals surface area (Å²) in [5, 5.41) is 8.80. The first-order valence-corrected chi connectivity index (χ1v) is 7.61. The van der Waals surface area contributed by atoms with Crippen LogP contribution in [0.25, 0.3) is 0 Å². The topological polar surface area (TPSA) is 66.8 Å². The van der Waals surface area contributed by atoms with Gasteiger partial charge in [0, 0.05) is 13.6 Å². The molecule has 0 heterocycles. The van der Waals surface area contributed by atoms with Crippen LogP contribution >= 0.6 is 0 Å². The molecule has 1 amide bonds. The monoisotopic (exact) mass is 305 g/mol. The van der Waals surface area contributed by atoms with Crippen LogP contribution in [-0.4, -0.2) is 42.6 Å². The fourth-order valence-corrected chi connectivity index (χ4v) is 3.26. The Bertz CT molecular complexity index is 549. The van der Waals surface area contributed by atoms with Crippen molar-refractivity contribution in [1.29, 1.82) is 0 Å². The minimum atomic E-state index is -0.887. The van der Waals surface area contributed by atoms with E-state index in [1.54, 1.807) is 19.1 Å². The van der Waals surface area contributed by atoms with Gasteiger partial charge < -0.3 is 14.7 Å². The third-order valence-corrected chi connectivity index (χ3v) is 4.50. The molecule has 1 N–H and O–H groups in total. The van der Waals surface area contributed by atoms with Crippen LogP contribution in [0.4, 0.5) is 0 Å². The molecule has 2 rings (SSSR count). The highest BCUT2D eigenvalue weighted by Gasteiger charge is 2.44. The van der Waals surface area contributed by atoms with Gasteiger partial charge in [-0.1, -0.05) is 25.0 Å². The van der Waals surface area contributed by atoms with Gasteiger partial charge in [0.15, 0.2) is 0 Å². The number of amides is 1. The number of methoxy groups -OCH3 is 1. The molecule has 1 fully saturated rings. The van der Waals surface area contributed by atoms with Gasteiger partial charge in [-0.25, -0.2) is 0 Å². The molecule has 1 saturated carbocycles. The molecule has 0 bridgehead atoms. The molecule has 1 aromatic carbocycles. The van der Waals surface area contributed by atoms with Gasteiger partial charge in [-0.3, -0.25) is 9.59 Å². The van der Waals surface area contributed by atoms with Gasteiger partial charge in [0.05, 0.1) is 18.9 Å². The summed E-state index contributed by atoms with van der Waals surface area (Å²) in [6.07, 6.45) is 3.59. The van der Waals surface area contributed by atoms with Gasteiger partial charge in [0.2, 0.25) is 5.91 Å². The van der Waals surface area contributed by atoms with Crippen LogP contribution in [0.3, 0.4) is 0 Å². The highest BCUT2D eigenvalue weighted by molar-refractivity contribution is 5.89. The number of carboxylic acids is 1. The molecule has 0 aliphatic heterocycles. The lowest BCUT2D eigenvalue weighted by Gasteiger charge is -2.33.